The van der Waals surface area contributed by atoms with Crippen molar-refractivity contribution < 1.29 is 4.74 Å². The van der Waals surface area contributed by atoms with Gasteiger partial charge in [0.05, 0.1) is 7.11 Å². The van der Waals surface area contributed by atoms with Crippen molar-refractivity contribution in [2.75, 3.05) is 7.11 Å². The van der Waals surface area contributed by atoms with Crippen LogP contribution in [0.3, 0.4) is 0 Å². The third-order valence-corrected chi connectivity index (χ3v) is 7.53. The lowest BCUT2D eigenvalue weighted by atomic mass is 9.47. The molecule has 23 heavy (non-hydrogen) atoms. The van der Waals surface area contributed by atoms with Crippen LogP contribution in [-0.4, -0.2) is 7.11 Å². The predicted octanol–water partition coefficient (Wildman–Crippen LogP) is 5.74. The van der Waals surface area contributed by atoms with Crippen LogP contribution in [0.2, 0.25) is 0 Å². The molecule has 3 unspecified atom stereocenters. The number of methoxy groups -OCH3 is 1. The third kappa shape index (κ3) is 2.05. The predicted molar refractivity (Wildman–Crippen MR) is 95.9 cm³/mol. The summed E-state index contributed by atoms with van der Waals surface area (Å²) >= 11 is 0. The number of hydrogen-bond donors (Lipinski definition) is 0. The molecular formula is C22H30O. The first-order chi connectivity index (χ1) is 11.0. The molecule has 0 heterocycles. The van der Waals surface area contributed by atoms with E-state index in [2.05, 4.69) is 44.7 Å². The molecule has 0 aliphatic heterocycles. The molecule has 3 aliphatic rings. The van der Waals surface area contributed by atoms with E-state index in [-0.39, 0.29) is 0 Å². The zero-order valence-corrected chi connectivity index (χ0v) is 14.9. The largest absolute Gasteiger partial charge is 0.497 e. The number of aryl methyl sites for hydroxylation is 1. The van der Waals surface area contributed by atoms with E-state index in [0.717, 1.165) is 17.6 Å². The first-order valence-electron chi connectivity index (χ1n) is 9.33. The van der Waals surface area contributed by atoms with Crippen LogP contribution in [0.15, 0.2) is 30.9 Å². The van der Waals surface area contributed by atoms with Crippen LogP contribution in [0.25, 0.3) is 0 Å². The van der Waals surface area contributed by atoms with E-state index in [9.17, 15) is 0 Å². The number of rotatable bonds is 2. The molecule has 5 atom stereocenters. The normalized spacial score (nSPS) is 41.6. The Balaban J connectivity index is 1.79. The summed E-state index contributed by atoms with van der Waals surface area (Å²) in [7, 11) is 1.77. The summed E-state index contributed by atoms with van der Waals surface area (Å²) in [6, 6.07) is 6.77. The van der Waals surface area contributed by atoms with Gasteiger partial charge >= 0.3 is 0 Å². The average molecular weight is 310 g/mol. The first-order valence-corrected chi connectivity index (χ1v) is 9.33. The van der Waals surface area contributed by atoms with Crippen molar-refractivity contribution in [2.45, 2.75) is 58.3 Å². The molecule has 1 nitrogen and oxygen atoms in total. The summed E-state index contributed by atoms with van der Waals surface area (Å²) in [5, 5.41) is 0. The minimum Gasteiger partial charge on any atom is -0.497 e. The maximum Gasteiger partial charge on any atom is 0.119 e. The quantitative estimate of drug-likeness (QED) is 0.633. The number of ether oxygens (including phenoxy) is 1. The van der Waals surface area contributed by atoms with Gasteiger partial charge in [0, 0.05) is 0 Å². The molecule has 0 amide bonds. The summed E-state index contributed by atoms with van der Waals surface area (Å²) in [6.45, 7) is 9.38. The van der Waals surface area contributed by atoms with Crippen LogP contribution in [0.1, 0.15) is 63.0 Å². The van der Waals surface area contributed by atoms with Crippen molar-refractivity contribution in [3.8, 4) is 5.75 Å². The fourth-order valence-electron chi connectivity index (χ4n) is 6.64. The van der Waals surface area contributed by atoms with Crippen molar-refractivity contribution in [3.63, 3.8) is 0 Å². The van der Waals surface area contributed by atoms with Gasteiger partial charge in [-0.2, -0.15) is 0 Å². The Labute approximate surface area is 141 Å². The van der Waals surface area contributed by atoms with Gasteiger partial charge in [0.2, 0.25) is 0 Å². The Morgan fingerprint density at radius 3 is 2.87 bits per heavy atom. The molecule has 0 radical (unpaired) electrons. The molecule has 0 N–H and O–H groups in total. The minimum absolute atomic E-state index is 0.319. The number of hydrogen-bond acceptors (Lipinski definition) is 1. The number of fused-ring (bicyclic) bond motifs is 5. The third-order valence-electron chi connectivity index (χ3n) is 7.53. The fourth-order valence-corrected chi connectivity index (χ4v) is 6.64. The highest BCUT2D eigenvalue weighted by Crippen LogP contribution is 2.68. The van der Waals surface area contributed by atoms with Gasteiger partial charge in [-0.15, -0.1) is 6.58 Å². The van der Waals surface area contributed by atoms with Crippen LogP contribution in [0.5, 0.6) is 5.75 Å². The first kappa shape index (κ1) is 15.3. The number of allylic oxidation sites excluding steroid dienone is 1. The molecular weight excluding hydrogens is 280 g/mol. The lowest BCUT2D eigenvalue weighted by Gasteiger charge is -2.56. The average Bonchev–Trinajstić information content (AvgIpc) is 2.88. The summed E-state index contributed by atoms with van der Waals surface area (Å²) in [5.74, 6) is 3.36. The smallest absolute Gasteiger partial charge is 0.119 e. The highest BCUT2D eigenvalue weighted by atomic mass is 16.5. The number of benzene rings is 1. The van der Waals surface area contributed by atoms with E-state index in [1.807, 2.05) is 0 Å². The van der Waals surface area contributed by atoms with Gasteiger partial charge in [0.1, 0.15) is 5.75 Å². The van der Waals surface area contributed by atoms with E-state index in [1.165, 1.54) is 44.1 Å². The monoisotopic (exact) mass is 310 g/mol. The van der Waals surface area contributed by atoms with Crippen molar-refractivity contribution in [3.05, 3.63) is 42.0 Å². The van der Waals surface area contributed by atoms with Crippen molar-refractivity contribution in [2.24, 2.45) is 22.7 Å². The Hall–Kier alpha value is -1.24. The summed E-state index contributed by atoms with van der Waals surface area (Å²) in [5.41, 5.74) is 3.95. The molecule has 2 saturated carbocycles. The second kappa shape index (κ2) is 5.13. The van der Waals surface area contributed by atoms with Crippen LogP contribution >= 0.6 is 0 Å². The fraction of sp³-hybridized carbons (Fsp3) is 0.636. The highest BCUT2D eigenvalue weighted by molar-refractivity contribution is 5.43. The van der Waals surface area contributed by atoms with Crippen molar-refractivity contribution in [1.29, 1.82) is 0 Å². The second-order valence-electron chi connectivity index (χ2n) is 8.72. The van der Waals surface area contributed by atoms with E-state index >= 15 is 0 Å². The van der Waals surface area contributed by atoms with E-state index in [0.29, 0.717) is 16.7 Å². The van der Waals surface area contributed by atoms with Gasteiger partial charge in [-0.05, 0) is 90.4 Å². The van der Waals surface area contributed by atoms with Gasteiger partial charge in [0.15, 0.2) is 0 Å². The Bertz CT molecular complexity index is 633. The Morgan fingerprint density at radius 1 is 1.30 bits per heavy atom. The van der Waals surface area contributed by atoms with Crippen molar-refractivity contribution in [1.82, 2.24) is 0 Å². The van der Waals surface area contributed by atoms with Gasteiger partial charge in [-0.25, -0.2) is 0 Å². The Kier molecular flexibility index (Phi) is 3.41. The molecule has 1 aromatic rings. The molecule has 0 aromatic heterocycles. The topological polar surface area (TPSA) is 9.23 Å². The van der Waals surface area contributed by atoms with Crippen LogP contribution in [0.4, 0.5) is 0 Å². The molecule has 0 spiro atoms. The molecule has 2 fully saturated rings. The molecule has 4 rings (SSSR count). The van der Waals surface area contributed by atoms with Crippen LogP contribution in [0, 0.1) is 22.7 Å². The summed E-state index contributed by atoms with van der Waals surface area (Å²) in [4.78, 5) is 0. The maximum atomic E-state index is 5.45. The zero-order chi connectivity index (χ0) is 16.2. The van der Waals surface area contributed by atoms with Crippen molar-refractivity contribution >= 4 is 0 Å². The Morgan fingerprint density at radius 2 is 2.13 bits per heavy atom. The van der Waals surface area contributed by atoms with E-state index in [4.69, 9.17) is 4.74 Å². The van der Waals surface area contributed by atoms with E-state index in [1.54, 1.807) is 12.7 Å². The minimum atomic E-state index is 0.319. The summed E-state index contributed by atoms with van der Waals surface area (Å²) in [6.07, 6.45) is 10.3. The molecule has 124 valence electrons. The van der Waals surface area contributed by atoms with Gasteiger partial charge < -0.3 is 4.74 Å². The van der Waals surface area contributed by atoms with Gasteiger partial charge in [0.25, 0.3) is 0 Å². The van der Waals surface area contributed by atoms with Crippen LogP contribution < -0.4 is 4.74 Å². The lowest BCUT2D eigenvalue weighted by Crippen LogP contribution is -2.47. The lowest BCUT2D eigenvalue weighted by molar-refractivity contribution is 0.00457. The zero-order valence-electron chi connectivity index (χ0n) is 14.9. The highest BCUT2D eigenvalue weighted by Gasteiger charge is 2.58. The second-order valence-corrected chi connectivity index (χ2v) is 8.72. The van der Waals surface area contributed by atoms with Gasteiger partial charge in [-0.3, -0.25) is 0 Å². The maximum absolute atomic E-state index is 5.45. The molecule has 1 heteroatoms. The van der Waals surface area contributed by atoms with Gasteiger partial charge in [-0.1, -0.05) is 26.0 Å². The standard InChI is InChI=1S/C22H30O/c1-5-22-11-8-16-13-17(23-4)6-7-18(16)19(22)9-10-21(3)14-15(2)12-20(21)22/h5-7,13,15,19-20H,1,8-12,14H2,2-4H3/t15?,19?,20?,21-,22-/m1/s1. The molecule has 1 aromatic carbocycles. The SMILES string of the molecule is C=C[C@@]12CCc3cc(OC)ccc3C1CC[C@]1(C)CC(C)CC12. The molecule has 3 aliphatic carbocycles. The van der Waals surface area contributed by atoms with E-state index < -0.39 is 0 Å². The molecule has 0 bridgehead atoms. The van der Waals surface area contributed by atoms with Crippen LogP contribution in [-0.2, 0) is 6.42 Å². The summed E-state index contributed by atoms with van der Waals surface area (Å²) < 4.78 is 5.45. The molecule has 0 saturated heterocycles.